The maximum Gasteiger partial charge on any atom is 0.260 e. The molecule has 33 heavy (non-hydrogen) atoms. The zero-order valence-corrected chi connectivity index (χ0v) is 20.0. The molecule has 4 rings (SSSR count). The van der Waals surface area contributed by atoms with Gasteiger partial charge >= 0.3 is 0 Å². The Morgan fingerprint density at radius 2 is 1.76 bits per heavy atom. The van der Waals surface area contributed by atoms with Crippen molar-refractivity contribution in [3.8, 4) is 16.9 Å². The zero-order chi connectivity index (χ0) is 23.6. The molecule has 0 unspecified atom stereocenters. The molecule has 7 nitrogen and oxygen atoms in total. The van der Waals surface area contributed by atoms with Gasteiger partial charge in [-0.15, -0.1) is 0 Å². The number of carbonyl (C=O) groups excluding carboxylic acids is 1. The van der Waals surface area contributed by atoms with Crippen LogP contribution < -0.4 is 4.74 Å². The predicted octanol–water partition coefficient (Wildman–Crippen LogP) is 3.56. The topological polar surface area (TPSA) is 81.5 Å². The molecule has 1 fully saturated rings. The summed E-state index contributed by atoms with van der Waals surface area (Å²) in [5.41, 5.74) is 4.88. The molecule has 0 saturated carbocycles. The Hall–Kier alpha value is -3.13. The summed E-state index contributed by atoms with van der Waals surface area (Å²) in [6.45, 7) is 4.16. The second-order valence-corrected chi connectivity index (χ2v) is 10.8. The number of carbonyl (C=O) groups is 1. The van der Waals surface area contributed by atoms with Gasteiger partial charge in [-0.2, -0.15) is 5.10 Å². The quantitative estimate of drug-likeness (QED) is 0.531. The summed E-state index contributed by atoms with van der Waals surface area (Å²) in [5, 5.41) is 4.58. The van der Waals surface area contributed by atoms with Crippen molar-refractivity contribution in [2.45, 2.75) is 32.9 Å². The van der Waals surface area contributed by atoms with Gasteiger partial charge in [-0.1, -0.05) is 42.5 Å². The number of aryl methyl sites for hydroxylation is 1. The summed E-state index contributed by atoms with van der Waals surface area (Å²) in [4.78, 5) is 14.3. The van der Waals surface area contributed by atoms with E-state index in [1.807, 2.05) is 73.1 Å². The fraction of sp³-hybridized carbons (Fsp3) is 0.360. The highest BCUT2D eigenvalue weighted by Gasteiger charge is 2.31. The van der Waals surface area contributed by atoms with Crippen molar-refractivity contribution in [3.05, 3.63) is 71.5 Å². The molecule has 1 atom stereocenters. The number of benzene rings is 2. The van der Waals surface area contributed by atoms with Crippen LogP contribution in [0.5, 0.6) is 5.75 Å². The largest absolute Gasteiger partial charge is 0.484 e. The fourth-order valence-electron chi connectivity index (χ4n) is 4.20. The highest BCUT2D eigenvalue weighted by Crippen LogP contribution is 2.27. The van der Waals surface area contributed by atoms with Crippen LogP contribution in [0.2, 0.25) is 0 Å². The first kappa shape index (κ1) is 23.0. The summed E-state index contributed by atoms with van der Waals surface area (Å²) in [7, 11) is -1.26. The molecular weight excluding hydrogens is 438 g/mol. The fourth-order valence-corrected chi connectivity index (χ4v) is 5.90. The van der Waals surface area contributed by atoms with Gasteiger partial charge in [0.25, 0.3) is 5.91 Å². The van der Waals surface area contributed by atoms with Crippen LogP contribution in [-0.2, 0) is 21.2 Å². The first-order chi connectivity index (χ1) is 15.7. The molecule has 2 heterocycles. The van der Waals surface area contributed by atoms with Gasteiger partial charge in [0.2, 0.25) is 0 Å². The molecule has 1 saturated heterocycles. The molecule has 0 radical (unpaired) electrons. The molecule has 8 heteroatoms. The minimum Gasteiger partial charge on any atom is -0.484 e. The molecule has 1 aromatic heterocycles. The average Bonchev–Trinajstić information content (AvgIpc) is 3.31. The molecule has 0 spiro atoms. The van der Waals surface area contributed by atoms with Gasteiger partial charge in [-0.3, -0.25) is 9.48 Å². The van der Waals surface area contributed by atoms with Gasteiger partial charge in [0.1, 0.15) is 5.75 Å². The van der Waals surface area contributed by atoms with Crippen LogP contribution >= 0.6 is 0 Å². The third kappa shape index (κ3) is 5.27. The first-order valence-corrected chi connectivity index (χ1v) is 12.8. The molecule has 1 amide bonds. The van der Waals surface area contributed by atoms with Gasteiger partial charge in [-0.05, 0) is 43.5 Å². The van der Waals surface area contributed by atoms with Crippen molar-refractivity contribution in [1.82, 2.24) is 14.7 Å². The van der Waals surface area contributed by atoms with E-state index < -0.39 is 9.84 Å². The monoisotopic (exact) mass is 467 g/mol. The lowest BCUT2D eigenvalue weighted by atomic mass is 10.1. The Kier molecular flexibility index (Phi) is 6.56. The Morgan fingerprint density at radius 1 is 1.09 bits per heavy atom. The van der Waals surface area contributed by atoms with Crippen LogP contribution in [0, 0.1) is 13.8 Å². The number of aromatic nitrogens is 2. The molecule has 1 aliphatic heterocycles. The normalized spacial score (nSPS) is 17.1. The summed E-state index contributed by atoms with van der Waals surface area (Å²) >= 11 is 0. The van der Waals surface area contributed by atoms with E-state index in [4.69, 9.17) is 4.74 Å². The molecule has 0 N–H and O–H groups in total. The van der Waals surface area contributed by atoms with Gasteiger partial charge in [0, 0.05) is 24.8 Å². The standard InChI is InChI=1S/C25H29N3O4S/c1-18-24(19(2)28(26-18)22-13-14-33(30,31)17-22)15-27(3)25(29)16-32-23-11-9-21(10-12-23)20-7-5-4-6-8-20/h4-12,22H,13-17H2,1-3H3/t22-/m1/s1. The number of rotatable bonds is 7. The van der Waals surface area contributed by atoms with E-state index in [-0.39, 0.29) is 30.1 Å². The summed E-state index contributed by atoms with van der Waals surface area (Å²) in [5.74, 6) is 0.823. The van der Waals surface area contributed by atoms with Crippen LogP contribution in [0.1, 0.15) is 29.4 Å². The molecular formula is C25H29N3O4S. The van der Waals surface area contributed by atoms with Crippen molar-refractivity contribution in [3.63, 3.8) is 0 Å². The van der Waals surface area contributed by atoms with Crippen molar-refractivity contribution >= 4 is 15.7 Å². The maximum absolute atomic E-state index is 12.7. The number of nitrogens with zero attached hydrogens (tertiary/aromatic N) is 3. The Bertz CT molecular complexity index is 1230. The van der Waals surface area contributed by atoms with Crippen molar-refractivity contribution in [2.24, 2.45) is 0 Å². The van der Waals surface area contributed by atoms with E-state index in [2.05, 4.69) is 5.10 Å². The SMILES string of the molecule is Cc1nn([C@@H]2CCS(=O)(=O)C2)c(C)c1CN(C)C(=O)COc1ccc(-c2ccccc2)cc1. The van der Waals surface area contributed by atoms with Gasteiger partial charge in [-0.25, -0.2) is 8.42 Å². The van der Waals surface area contributed by atoms with Crippen LogP contribution in [-0.4, -0.2) is 54.2 Å². The van der Waals surface area contributed by atoms with Crippen LogP contribution in [0.15, 0.2) is 54.6 Å². The van der Waals surface area contributed by atoms with Gasteiger partial charge in [0.05, 0.1) is 23.2 Å². The Labute approximate surface area is 194 Å². The van der Waals surface area contributed by atoms with Crippen molar-refractivity contribution in [1.29, 1.82) is 0 Å². The highest BCUT2D eigenvalue weighted by molar-refractivity contribution is 7.91. The third-order valence-electron chi connectivity index (χ3n) is 6.17. The number of hydrogen-bond acceptors (Lipinski definition) is 5. The lowest BCUT2D eigenvalue weighted by molar-refractivity contribution is -0.132. The van der Waals surface area contributed by atoms with Crippen molar-refractivity contribution in [2.75, 3.05) is 25.2 Å². The van der Waals surface area contributed by atoms with E-state index in [0.29, 0.717) is 18.7 Å². The van der Waals surface area contributed by atoms with Crippen molar-refractivity contribution < 1.29 is 17.9 Å². The van der Waals surface area contributed by atoms with E-state index >= 15 is 0 Å². The first-order valence-electron chi connectivity index (χ1n) is 11.0. The van der Waals surface area contributed by atoms with Crippen LogP contribution in [0.3, 0.4) is 0 Å². The van der Waals surface area contributed by atoms with Gasteiger partial charge in [0.15, 0.2) is 16.4 Å². The second-order valence-electron chi connectivity index (χ2n) is 8.58. The number of amides is 1. The summed E-state index contributed by atoms with van der Waals surface area (Å²) < 4.78 is 31.2. The molecule has 0 bridgehead atoms. The molecule has 3 aromatic rings. The summed E-state index contributed by atoms with van der Waals surface area (Å²) in [6.07, 6.45) is 0.579. The molecule has 0 aliphatic carbocycles. The summed E-state index contributed by atoms with van der Waals surface area (Å²) in [6, 6.07) is 17.6. The van der Waals surface area contributed by atoms with Crippen LogP contribution in [0.25, 0.3) is 11.1 Å². The molecule has 174 valence electrons. The number of ether oxygens (including phenoxy) is 1. The predicted molar refractivity (Wildman–Crippen MR) is 128 cm³/mol. The van der Waals surface area contributed by atoms with E-state index in [1.165, 1.54) is 0 Å². The van der Waals surface area contributed by atoms with Gasteiger partial charge < -0.3 is 9.64 Å². The number of likely N-dealkylation sites (N-methyl/N-ethyl adjacent to an activating group) is 1. The molecule has 1 aliphatic rings. The maximum atomic E-state index is 12.7. The number of hydrogen-bond donors (Lipinski definition) is 0. The third-order valence-corrected chi connectivity index (χ3v) is 7.92. The zero-order valence-electron chi connectivity index (χ0n) is 19.2. The lowest BCUT2D eigenvalue weighted by Crippen LogP contribution is -2.31. The van der Waals surface area contributed by atoms with Crippen LogP contribution in [0.4, 0.5) is 0 Å². The Balaban J connectivity index is 1.35. The smallest absolute Gasteiger partial charge is 0.260 e. The molecule has 2 aromatic carbocycles. The minimum atomic E-state index is -2.99. The number of sulfone groups is 1. The van der Waals surface area contributed by atoms with E-state index in [9.17, 15) is 13.2 Å². The van der Waals surface area contributed by atoms with E-state index in [0.717, 1.165) is 28.1 Å². The van der Waals surface area contributed by atoms with E-state index in [1.54, 1.807) is 11.9 Å². The minimum absolute atomic E-state index is 0.0612. The second kappa shape index (κ2) is 9.39. The highest BCUT2D eigenvalue weighted by atomic mass is 32.2. The Morgan fingerprint density at radius 3 is 2.39 bits per heavy atom. The lowest BCUT2D eigenvalue weighted by Gasteiger charge is -2.18. The average molecular weight is 468 g/mol.